The van der Waals surface area contributed by atoms with Crippen LogP contribution >= 0.6 is 0 Å². The van der Waals surface area contributed by atoms with Gasteiger partial charge in [-0.15, -0.1) is 0 Å². The van der Waals surface area contributed by atoms with Crippen molar-refractivity contribution < 1.29 is 14.3 Å². The molecule has 22 heavy (non-hydrogen) atoms. The van der Waals surface area contributed by atoms with Gasteiger partial charge in [0.15, 0.2) is 12.4 Å². The molecule has 0 saturated heterocycles. The van der Waals surface area contributed by atoms with Crippen LogP contribution in [-0.4, -0.2) is 40.0 Å². The number of rotatable bonds is 6. The Morgan fingerprint density at radius 2 is 2.14 bits per heavy atom. The van der Waals surface area contributed by atoms with E-state index in [0.29, 0.717) is 17.9 Å². The zero-order valence-electron chi connectivity index (χ0n) is 12.9. The standard InChI is InChI=1S/C16H19N3O3/c1-12(20)14-5-4-6-15(7-14)22-11-16(21)18(2)9-13-8-17-19(3)10-13/h4-8,10H,9,11H2,1-3H3. The zero-order valence-corrected chi connectivity index (χ0v) is 12.9. The molecule has 0 saturated carbocycles. The van der Waals surface area contributed by atoms with Gasteiger partial charge in [-0.3, -0.25) is 14.3 Å². The highest BCUT2D eigenvalue weighted by atomic mass is 16.5. The predicted octanol–water partition coefficient (Wildman–Crippen LogP) is 1.66. The highest BCUT2D eigenvalue weighted by Gasteiger charge is 2.11. The van der Waals surface area contributed by atoms with Gasteiger partial charge in [0, 0.05) is 38.0 Å². The Kier molecular flexibility index (Phi) is 4.93. The van der Waals surface area contributed by atoms with Crippen molar-refractivity contribution in [2.24, 2.45) is 7.05 Å². The molecule has 0 N–H and O–H groups in total. The second kappa shape index (κ2) is 6.89. The molecular formula is C16H19N3O3. The molecule has 0 radical (unpaired) electrons. The number of benzene rings is 1. The van der Waals surface area contributed by atoms with Gasteiger partial charge in [0.1, 0.15) is 5.75 Å². The molecule has 0 fully saturated rings. The molecule has 0 atom stereocenters. The minimum atomic E-state index is -0.142. The second-order valence-corrected chi connectivity index (χ2v) is 5.14. The van der Waals surface area contributed by atoms with Crippen molar-refractivity contribution >= 4 is 11.7 Å². The van der Waals surface area contributed by atoms with Crippen LogP contribution in [0.2, 0.25) is 0 Å². The molecule has 2 aromatic rings. The minimum absolute atomic E-state index is 0.0366. The third kappa shape index (κ3) is 4.18. The summed E-state index contributed by atoms with van der Waals surface area (Å²) < 4.78 is 7.15. The van der Waals surface area contributed by atoms with Crippen LogP contribution in [0.3, 0.4) is 0 Å². The highest BCUT2D eigenvalue weighted by molar-refractivity contribution is 5.94. The largest absolute Gasteiger partial charge is 0.484 e. The molecule has 1 amide bonds. The summed E-state index contributed by atoms with van der Waals surface area (Å²) in [4.78, 5) is 24.9. The second-order valence-electron chi connectivity index (χ2n) is 5.14. The number of ketones is 1. The number of amides is 1. The lowest BCUT2D eigenvalue weighted by molar-refractivity contribution is -0.132. The van der Waals surface area contributed by atoms with Gasteiger partial charge >= 0.3 is 0 Å². The van der Waals surface area contributed by atoms with Gasteiger partial charge in [-0.05, 0) is 19.1 Å². The van der Waals surface area contributed by atoms with Crippen molar-refractivity contribution in [2.75, 3.05) is 13.7 Å². The Morgan fingerprint density at radius 1 is 1.36 bits per heavy atom. The maximum absolute atomic E-state index is 12.1. The molecule has 0 bridgehead atoms. The molecule has 1 heterocycles. The van der Waals surface area contributed by atoms with Crippen molar-refractivity contribution in [3.05, 3.63) is 47.8 Å². The first-order chi connectivity index (χ1) is 10.5. The third-order valence-corrected chi connectivity index (χ3v) is 3.21. The molecule has 6 nitrogen and oxygen atoms in total. The zero-order chi connectivity index (χ0) is 16.1. The smallest absolute Gasteiger partial charge is 0.260 e. The molecule has 6 heteroatoms. The number of hydrogen-bond donors (Lipinski definition) is 0. The van der Waals surface area contributed by atoms with E-state index in [1.54, 1.807) is 47.1 Å². The predicted molar refractivity (Wildman–Crippen MR) is 81.6 cm³/mol. The summed E-state index contributed by atoms with van der Waals surface area (Å²) >= 11 is 0. The maximum Gasteiger partial charge on any atom is 0.260 e. The van der Waals surface area contributed by atoms with Crippen LogP contribution in [0.1, 0.15) is 22.8 Å². The lowest BCUT2D eigenvalue weighted by atomic mass is 10.1. The third-order valence-electron chi connectivity index (χ3n) is 3.21. The maximum atomic E-state index is 12.1. The Balaban J connectivity index is 1.89. The minimum Gasteiger partial charge on any atom is -0.484 e. The summed E-state index contributed by atoms with van der Waals surface area (Å²) in [5.74, 6) is 0.332. The van der Waals surface area contributed by atoms with Crippen LogP contribution in [0.5, 0.6) is 5.75 Å². The van der Waals surface area contributed by atoms with Gasteiger partial charge in [0.2, 0.25) is 0 Å². The summed E-state index contributed by atoms with van der Waals surface area (Å²) in [5.41, 5.74) is 1.52. The molecule has 2 rings (SSSR count). The molecule has 0 spiro atoms. The van der Waals surface area contributed by atoms with E-state index in [1.807, 2.05) is 13.2 Å². The summed E-state index contributed by atoms with van der Waals surface area (Å²) in [7, 11) is 3.54. The SMILES string of the molecule is CC(=O)c1cccc(OCC(=O)N(C)Cc2cnn(C)c2)c1. The molecule has 0 unspecified atom stereocenters. The molecule has 0 aliphatic rings. The van der Waals surface area contributed by atoms with Gasteiger partial charge in [0.05, 0.1) is 6.20 Å². The highest BCUT2D eigenvalue weighted by Crippen LogP contribution is 2.14. The molecule has 116 valence electrons. The van der Waals surface area contributed by atoms with Gasteiger partial charge in [-0.2, -0.15) is 5.10 Å². The fourth-order valence-electron chi connectivity index (χ4n) is 1.98. The van der Waals surface area contributed by atoms with Gasteiger partial charge < -0.3 is 9.64 Å². The normalized spacial score (nSPS) is 10.3. The van der Waals surface area contributed by atoms with E-state index >= 15 is 0 Å². The fourth-order valence-corrected chi connectivity index (χ4v) is 1.98. The van der Waals surface area contributed by atoms with Crippen molar-refractivity contribution in [2.45, 2.75) is 13.5 Å². The van der Waals surface area contributed by atoms with Crippen molar-refractivity contribution in [1.29, 1.82) is 0 Å². The number of carbonyl (C=O) groups is 2. The van der Waals surface area contributed by atoms with E-state index in [1.165, 1.54) is 6.92 Å². The lowest BCUT2D eigenvalue weighted by Crippen LogP contribution is -2.30. The molecular weight excluding hydrogens is 282 g/mol. The topological polar surface area (TPSA) is 64.4 Å². The van der Waals surface area contributed by atoms with E-state index in [0.717, 1.165) is 5.56 Å². The molecule has 1 aromatic carbocycles. The quantitative estimate of drug-likeness (QED) is 0.761. The number of Topliss-reactive ketones (excluding diaryl/α,β-unsaturated/α-hetero) is 1. The Morgan fingerprint density at radius 3 is 2.77 bits per heavy atom. The molecule has 1 aromatic heterocycles. The first-order valence-corrected chi connectivity index (χ1v) is 6.91. The number of likely N-dealkylation sites (N-methyl/N-ethyl adjacent to an activating group) is 1. The molecule has 0 aliphatic carbocycles. The van der Waals surface area contributed by atoms with Crippen molar-refractivity contribution in [3.63, 3.8) is 0 Å². The fraction of sp³-hybridized carbons (Fsp3) is 0.312. The summed E-state index contributed by atoms with van der Waals surface area (Å²) in [6.45, 7) is 1.90. The number of ether oxygens (including phenoxy) is 1. The van der Waals surface area contributed by atoms with E-state index < -0.39 is 0 Å². The van der Waals surface area contributed by atoms with Crippen molar-refractivity contribution in [1.82, 2.24) is 14.7 Å². The Bertz CT molecular complexity index is 679. The lowest BCUT2D eigenvalue weighted by Gasteiger charge is -2.16. The van der Waals surface area contributed by atoms with Crippen LogP contribution < -0.4 is 4.74 Å². The number of nitrogens with zero attached hydrogens (tertiary/aromatic N) is 3. The average Bonchev–Trinajstić information content (AvgIpc) is 2.90. The monoisotopic (exact) mass is 301 g/mol. The van der Waals surface area contributed by atoms with E-state index in [2.05, 4.69) is 5.10 Å². The van der Waals surface area contributed by atoms with Crippen molar-refractivity contribution in [3.8, 4) is 5.75 Å². The van der Waals surface area contributed by atoms with Crippen LogP contribution in [0.4, 0.5) is 0 Å². The number of carbonyl (C=O) groups excluding carboxylic acids is 2. The Labute approximate surface area is 129 Å². The van der Waals surface area contributed by atoms with Crippen LogP contribution in [0, 0.1) is 0 Å². The summed E-state index contributed by atoms with van der Waals surface area (Å²) in [6.07, 6.45) is 3.59. The number of aryl methyl sites for hydroxylation is 1. The first-order valence-electron chi connectivity index (χ1n) is 6.91. The number of aromatic nitrogens is 2. The summed E-state index contributed by atoms with van der Waals surface area (Å²) in [6, 6.07) is 6.80. The van der Waals surface area contributed by atoms with E-state index in [9.17, 15) is 9.59 Å². The van der Waals surface area contributed by atoms with Crippen LogP contribution in [0.15, 0.2) is 36.7 Å². The van der Waals surface area contributed by atoms with E-state index in [4.69, 9.17) is 4.74 Å². The summed E-state index contributed by atoms with van der Waals surface area (Å²) in [5, 5.41) is 4.06. The van der Waals surface area contributed by atoms with Crippen LogP contribution in [0.25, 0.3) is 0 Å². The van der Waals surface area contributed by atoms with Gasteiger partial charge in [-0.1, -0.05) is 12.1 Å². The average molecular weight is 301 g/mol. The van der Waals surface area contributed by atoms with Gasteiger partial charge in [-0.25, -0.2) is 0 Å². The van der Waals surface area contributed by atoms with E-state index in [-0.39, 0.29) is 18.3 Å². The van der Waals surface area contributed by atoms with Gasteiger partial charge in [0.25, 0.3) is 5.91 Å². The first kappa shape index (κ1) is 15.8. The number of hydrogen-bond acceptors (Lipinski definition) is 4. The molecule has 0 aliphatic heterocycles. The van der Waals surface area contributed by atoms with Crippen LogP contribution in [-0.2, 0) is 18.4 Å². The Hall–Kier alpha value is -2.63.